The van der Waals surface area contributed by atoms with Crippen molar-refractivity contribution in [1.29, 1.82) is 0 Å². The van der Waals surface area contributed by atoms with Gasteiger partial charge < -0.3 is 10.1 Å². The monoisotopic (exact) mass is 287 g/mol. The van der Waals surface area contributed by atoms with E-state index < -0.39 is 0 Å². The van der Waals surface area contributed by atoms with Crippen LogP contribution in [-0.2, 0) is 0 Å². The molecule has 0 spiro atoms. The lowest BCUT2D eigenvalue weighted by Gasteiger charge is -2.24. The number of halogens is 1. The maximum Gasteiger partial charge on any atom is 0.123 e. The summed E-state index contributed by atoms with van der Waals surface area (Å²) in [6.07, 6.45) is 0.931. The van der Waals surface area contributed by atoms with Crippen molar-refractivity contribution in [2.45, 2.75) is 32.4 Å². The number of rotatable bonds is 6. The Balaban J connectivity index is 2.19. The van der Waals surface area contributed by atoms with E-state index in [1.165, 1.54) is 6.07 Å². The highest BCUT2D eigenvalue weighted by Gasteiger charge is 2.17. The van der Waals surface area contributed by atoms with E-state index >= 15 is 0 Å². The Labute approximate surface area is 126 Å². The predicted octanol–water partition coefficient (Wildman–Crippen LogP) is 4.64. The number of hydrogen-bond acceptors (Lipinski definition) is 2. The van der Waals surface area contributed by atoms with Gasteiger partial charge in [0.2, 0.25) is 0 Å². The fourth-order valence-electron chi connectivity index (χ4n) is 2.56. The summed E-state index contributed by atoms with van der Waals surface area (Å²) >= 11 is 0. The lowest BCUT2D eigenvalue weighted by Crippen LogP contribution is -2.24. The van der Waals surface area contributed by atoms with Gasteiger partial charge in [-0.25, -0.2) is 4.39 Å². The molecule has 0 fully saturated rings. The van der Waals surface area contributed by atoms with Crippen LogP contribution in [0.3, 0.4) is 0 Å². The summed E-state index contributed by atoms with van der Waals surface area (Å²) in [5.41, 5.74) is 2.08. The summed E-state index contributed by atoms with van der Waals surface area (Å²) in [7, 11) is 1.68. The van der Waals surface area contributed by atoms with Crippen LogP contribution in [0, 0.1) is 5.82 Å². The first-order valence-electron chi connectivity index (χ1n) is 7.30. The van der Waals surface area contributed by atoms with Crippen LogP contribution < -0.4 is 10.1 Å². The van der Waals surface area contributed by atoms with Gasteiger partial charge in [0.1, 0.15) is 11.6 Å². The normalized spacial score (nSPS) is 13.7. The Morgan fingerprint density at radius 1 is 1.14 bits per heavy atom. The molecule has 2 atom stereocenters. The summed E-state index contributed by atoms with van der Waals surface area (Å²) in [4.78, 5) is 0. The second-order valence-corrected chi connectivity index (χ2v) is 5.15. The number of nitrogens with one attached hydrogen (secondary N) is 1. The third-order valence-corrected chi connectivity index (χ3v) is 3.72. The highest BCUT2D eigenvalue weighted by molar-refractivity contribution is 5.36. The molecule has 2 rings (SSSR count). The first-order valence-corrected chi connectivity index (χ1v) is 7.30. The molecule has 21 heavy (non-hydrogen) atoms. The summed E-state index contributed by atoms with van der Waals surface area (Å²) < 4.78 is 18.8. The Kier molecular flexibility index (Phi) is 5.34. The van der Waals surface area contributed by atoms with Gasteiger partial charge in [0, 0.05) is 17.6 Å². The quantitative estimate of drug-likeness (QED) is 0.836. The van der Waals surface area contributed by atoms with Crippen LogP contribution in [0.2, 0.25) is 0 Å². The van der Waals surface area contributed by atoms with E-state index in [9.17, 15) is 4.39 Å². The van der Waals surface area contributed by atoms with Crippen LogP contribution in [-0.4, -0.2) is 7.11 Å². The molecular weight excluding hydrogens is 265 g/mol. The Bertz CT molecular complexity index is 585. The van der Waals surface area contributed by atoms with E-state index in [4.69, 9.17) is 4.74 Å². The molecular formula is C18H22FNO. The van der Waals surface area contributed by atoms with Gasteiger partial charge in [-0.3, -0.25) is 0 Å². The van der Waals surface area contributed by atoms with Crippen LogP contribution in [0.1, 0.15) is 43.5 Å². The summed E-state index contributed by atoms with van der Waals surface area (Å²) in [5, 5.41) is 3.55. The average Bonchev–Trinajstić information content (AvgIpc) is 2.52. The van der Waals surface area contributed by atoms with E-state index in [1.54, 1.807) is 19.2 Å². The molecule has 0 aromatic heterocycles. The molecule has 2 nitrogen and oxygen atoms in total. The zero-order valence-electron chi connectivity index (χ0n) is 12.8. The van der Waals surface area contributed by atoms with E-state index in [-0.39, 0.29) is 17.9 Å². The van der Waals surface area contributed by atoms with Crippen molar-refractivity contribution in [3.63, 3.8) is 0 Å². The molecule has 1 N–H and O–H groups in total. The van der Waals surface area contributed by atoms with Crippen LogP contribution >= 0.6 is 0 Å². The van der Waals surface area contributed by atoms with Crippen LogP contribution in [0.5, 0.6) is 5.75 Å². The molecule has 0 saturated heterocycles. The molecule has 0 radical (unpaired) electrons. The highest BCUT2D eigenvalue weighted by Crippen LogP contribution is 2.29. The molecule has 112 valence electrons. The minimum absolute atomic E-state index is 0.0653. The molecule has 2 aromatic rings. The van der Waals surface area contributed by atoms with Gasteiger partial charge in [-0.2, -0.15) is 0 Å². The molecule has 0 aliphatic heterocycles. The van der Waals surface area contributed by atoms with E-state index in [2.05, 4.69) is 18.3 Å². The maximum atomic E-state index is 13.3. The van der Waals surface area contributed by atoms with Gasteiger partial charge in [0.05, 0.1) is 7.11 Å². The zero-order valence-corrected chi connectivity index (χ0v) is 12.8. The van der Waals surface area contributed by atoms with Crippen molar-refractivity contribution in [2.24, 2.45) is 0 Å². The summed E-state index contributed by atoms with van der Waals surface area (Å²) in [6, 6.07) is 15.0. The summed E-state index contributed by atoms with van der Waals surface area (Å²) in [5.74, 6) is 0.676. The number of hydrogen-bond donors (Lipinski definition) is 1. The third kappa shape index (κ3) is 3.82. The zero-order chi connectivity index (χ0) is 15.2. The highest BCUT2D eigenvalue weighted by atomic mass is 19.1. The molecule has 0 amide bonds. The minimum atomic E-state index is -0.202. The maximum absolute atomic E-state index is 13.3. The molecule has 0 heterocycles. The SMILES string of the molecule is CCC(N[C@@H](C)c1cccc(F)c1)c1ccccc1OC. The number of methoxy groups -OCH3 is 1. The molecule has 2 aromatic carbocycles. The van der Waals surface area contributed by atoms with Crippen LogP contribution in [0.15, 0.2) is 48.5 Å². The van der Waals surface area contributed by atoms with Gasteiger partial charge in [-0.1, -0.05) is 37.3 Å². The Morgan fingerprint density at radius 3 is 2.57 bits per heavy atom. The van der Waals surface area contributed by atoms with Gasteiger partial charge in [-0.05, 0) is 37.1 Å². The first kappa shape index (κ1) is 15.5. The number of ether oxygens (including phenoxy) is 1. The van der Waals surface area contributed by atoms with Crippen molar-refractivity contribution < 1.29 is 9.13 Å². The molecule has 0 saturated carbocycles. The first-order chi connectivity index (χ1) is 10.2. The predicted molar refractivity (Wildman–Crippen MR) is 84.0 cm³/mol. The van der Waals surface area contributed by atoms with Crippen molar-refractivity contribution in [2.75, 3.05) is 7.11 Å². The lowest BCUT2D eigenvalue weighted by atomic mass is 10.0. The standard InChI is InChI=1S/C18H22FNO/c1-4-17(16-10-5-6-11-18(16)21-3)20-13(2)14-8-7-9-15(19)12-14/h5-13,17,20H,4H2,1-3H3/t13-,17?/m0/s1. The molecule has 1 unspecified atom stereocenters. The van der Waals surface area contributed by atoms with E-state index in [0.717, 1.165) is 23.3 Å². The topological polar surface area (TPSA) is 21.3 Å². The number of para-hydroxylation sites is 1. The molecule has 0 aliphatic carbocycles. The van der Waals surface area contributed by atoms with Crippen LogP contribution in [0.25, 0.3) is 0 Å². The van der Waals surface area contributed by atoms with Crippen molar-refractivity contribution >= 4 is 0 Å². The molecule has 0 aliphatic rings. The smallest absolute Gasteiger partial charge is 0.123 e. The molecule has 0 bridgehead atoms. The van der Waals surface area contributed by atoms with Crippen molar-refractivity contribution in [1.82, 2.24) is 5.32 Å². The average molecular weight is 287 g/mol. The second-order valence-electron chi connectivity index (χ2n) is 5.15. The van der Waals surface area contributed by atoms with Gasteiger partial charge >= 0.3 is 0 Å². The third-order valence-electron chi connectivity index (χ3n) is 3.72. The molecule has 3 heteroatoms. The van der Waals surface area contributed by atoms with Gasteiger partial charge in [-0.15, -0.1) is 0 Å². The van der Waals surface area contributed by atoms with Crippen molar-refractivity contribution in [3.05, 3.63) is 65.5 Å². The fraction of sp³-hybridized carbons (Fsp3) is 0.333. The van der Waals surface area contributed by atoms with Crippen molar-refractivity contribution in [3.8, 4) is 5.75 Å². The minimum Gasteiger partial charge on any atom is -0.496 e. The Morgan fingerprint density at radius 2 is 1.90 bits per heavy atom. The lowest BCUT2D eigenvalue weighted by molar-refractivity contribution is 0.388. The van der Waals surface area contributed by atoms with E-state index in [1.807, 2.05) is 31.2 Å². The van der Waals surface area contributed by atoms with Gasteiger partial charge in [0.15, 0.2) is 0 Å². The van der Waals surface area contributed by atoms with Gasteiger partial charge in [0.25, 0.3) is 0 Å². The summed E-state index contributed by atoms with van der Waals surface area (Å²) in [6.45, 7) is 4.18. The Hall–Kier alpha value is -1.87. The van der Waals surface area contributed by atoms with E-state index in [0.29, 0.717) is 0 Å². The second kappa shape index (κ2) is 7.23. The fourth-order valence-corrected chi connectivity index (χ4v) is 2.56. The largest absolute Gasteiger partial charge is 0.496 e. The number of benzene rings is 2. The van der Waals surface area contributed by atoms with Crippen LogP contribution in [0.4, 0.5) is 4.39 Å².